The molecule has 1 N–H and O–H groups in total. The second-order valence-electron chi connectivity index (χ2n) is 4.40. The van der Waals surface area contributed by atoms with Gasteiger partial charge < -0.3 is 5.11 Å². The zero-order chi connectivity index (χ0) is 13.9. The molecule has 0 atom stereocenters. The molecule has 0 amide bonds. The zero-order valence-corrected chi connectivity index (χ0v) is 11.4. The van der Waals surface area contributed by atoms with Crippen molar-refractivity contribution < 1.29 is 5.11 Å². The first-order chi connectivity index (χ1) is 9.76. The van der Waals surface area contributed by atoms with E-state index in [1.807, 2.05) is 42.5 Å². The Morgan fingerprint density at radius 2 is 1.55 bits per heavy atom. The minimum Gasteiger partial charge on any atom is -0.508 e. The summed E-state index contributed by atoms with van der Waals surface area (Å²) < 4.78 is 0. The van der Waals surface area contributed by atoms with Gasteiger partial charge in [0.05, 0.1) is 11.6 Å². The Hall–Kier alpha value is -2.57. The average Bonchev–Trinajstić information content (AvgIpc) is 2.97. The fraction of sp³-hybridized carbons (Fsp3) is 0. The van der Waals surface area contributed by atoms with Crippen LogP contribution in [0, 0.1) is 11.3 Å². The van der Waals surface area contributed by atoms with Gasteiger partial charge in [-0.05, 0) is 47.5 Å². The predicted molar refractivity (Wildman–Crippen MR) is 81.6 cm³/mol. The van der Waals surface area contributed by atoms with Gasteiger partial charge in [-0.25, -0.2) is 0 Å². The van der Waals surface area contributed by atoms with Gasteiger partial charge in [0.25, 0.3) is 0 Å². The van der Waals surface area contributed by atoms with E-state index in [-0.39, 0.29) is 5.75 Å². The first kappa shape index (κ1) is 12.5. The number of phenols is 1. The average molecular weight is 277 g/mol. The Morgan fingerprint density at radius 1 is 0.850 bits per heavy atom. The summed E-state index contributed by atoms with van der Waals surface area (Å²) in [6.45, 7) is 0. The third-order valence-electron chi connectivity index (χ3n) is 3.04. The van der Waals surface area contributed by atoms with Crippen molar-refractivity contribution in [3.05, 3.63) is 66.2 Å². The molecule has 0 saturated heterocycles. The van der Waals surface area contributed by atoms with Gasteiger partial charge in [-0.3, -0.25) is 0 Å². The van der Waals surface area contributed by atoms with E-state index < -0.39 is 0 Å². The van der Waals surface area contributed by atoms with E-state index in [9.17, 15) is 5.11 Å². The molecule has 0 fully saturated rings. The van der Waals surface area contributed by atoms with Gasteiger partial charge in [0.1, 0.15) is 5.75 Å². The van der Waals surface area contributed by atoms with Crippen LogP contribution in [0.15, 0.2) is 60.7 Å². The third-order valence-corrected chi connectivity index (χ3v) is 4.22. The van der Waals surface area contributed by atoms with E-state index in [0.29, 0.717) is 5.56 Å². The predicted octanol–water partition coefficient (Wildman–Crippen LogP) is 4.66. The number of phenolic OH excluding ortho intramolecular Hbond substituents is 1. The number of hydrogen-bond acceptors (Lipinski definition) is 3. The van der Waals surface area contributed by atoms with Crippen molar-refractivity contribution in [2.24, 2.45) is 0 Å². The highest BCUT2D eigenvalue weighted by molar-refractivity contribution is 7.18. The molecular formula is C17H11NOS. The molecule has 2 nitrogen and oxygen atoms in total. The van der Waals surface area contributed by atoms with Crippen molar-refractivity contribution in [2.75, 3.05) is 0 Å². The second kappa shape index (κ2) is 5.20. The van der Waals surface area contributed by atoms with Gasteiger partial charge in [0.2, 0.25) is 0 Å². The SMILES string of the molecule is N#Cc1ccc(-c2ccc(-c3cccc(O)c3)s2)cc1. The van der Waals surface area contributed by atoms with E-state index in [0.717, 1.165) is 20.9 Å². The van der Waals surface area contributed by atoms with Crippen molar-refractivity contribution in [3.63, 3.8) is 0 Å². The van der Waals surface area contributed by atoms with Gasteiger partial charge in [-0.2, -0.15) is 5.26 Å². The first-order valence-electron chi connectivity index (χ1n) is 6.16. The summed E-state index contributed by atoms with van der Waals surface area (Å²) in [7, 11) is 0. The summed E-state index contributed by atoms with van der Waals surface area (Å²) in [6.07, 6.45) is 0. The fourth-order valence-corrected chi connectivity index (χ4v) is 3.02. The largest absolute Gasteiger partial charge is 0.508 e. The molecule has 3 rings (SSSR count). The minimum atomic E-state index is 0.274. The highest BCUT2D eigenvalue weighted by atomic mass is 32.1. The molecule has 0 saturated carbocycles. The quantitative estimate of drug-likeness (QED) is 0.740. The summed E-state index contributed by atoms with van der Waals surface area (Å²) in [4.78, 5) is 2.26. The lowest BCUT2D eigenvalue weighted by atomic mass is 10.1. The van der Waals surface area contributed by atoms with Gasteiger partial charge in [0, 0.05) is 9.75 Å². The van der Waals surface area contributed by atoms with Gasteiger partial charge in [0.15, 0.2) is 0 Å². The molecule has 0 bridgehead atoms. The molecule has 0 aliphatic heterocycles. The monoisotopic (exact) mass is 277 g/mol. The van der Waals surface area contributed by atoms with E-state index in [2.05, 4.69) is 12.1 Å². The molecule has 0 aliphatic rings. The molecule has 2 aromatic carbocycles. The molecule has 0 aliphatic carbocycles. The number of hydrogen-bond donors (Lipinski definition) is 1. The lowest BCUT2D eigenvalue weighted by molar-refractivity contribution is 0.475. The van der Waals surface area contributed by atoms with Crippen LogP contribution < -0.4 is 0 Å². The standard InChI is InChI=1S/C17H11NOS/c18-11-12-4-6-13(7-5-12)16-8-9-17(20-16)14-2-1-3-15(19)10-14/h1-10,19H. The maximum absolute atomic E-state index is 9.53. The Labute approximate surface area is 121 Å². The van der Waals surface area contributed by atoms with Crippen molar-refractivity contribution in [1.82, 2.24) is 0 Å². The van der Waals surface area contributed by atoms with Gasteiger partial charge in [-0.1, -0.05) is 24.3 Å². The number of nitriles is 1. The van der Waals surface area contributed by atoms with Gasteiger partial charge >= 0.3 is 0 Å². The van der Waals surface area contributed by atoms with E-state index in [1.165, 1.54) is 0 Å². The fourth-order valence-electron chi connectivity index (χ4n) is 2.02. The van der Waals surface area contributed by atoms with E-state index >= 15 is 0 Å². The van der Waals surface area contributed by atoms with Crippen molar-refractivity contribution in [3.8, 4) is 32.7 Å². The third kappa shape index (κ3) is 2.42. The molecule has 96 valence electrons. The maximum Gasteiger partial charge on any atom is 0.116 e. The number of rotatable bonds is 2. The molecule has 20 heavy (non-hydrogen) atoms. The summed E-state index contributed by atoms with van der Waals surface area (Å²) in [5.74, 6) is 0.274. The zero-order valence-electron chi connectivity index (χ0n) is 10.6. The summed E-state index contributed by atoms with van der Waals surface area (Å²) in [5, 5.41) is 18.3. The van der Waals surface area contributed by atoms with Crippen molar-refractivity contribution in [2.45, 2.75) is 0 Å². The molecule has 1 heterocycles. The maximum atomic E-state index is 9.53. The summed E-state index contributed by atoms with van der Waals surface area (Å²) >= 11 is 1.67. The number of benzene rings is 2. The molecule has 3 aromatic rings. The van der Waals surface area contributed by atoms with Crippen LogP contribution in [0.4, 0.5) is 0 Å². The van der Waals surface area contributed by atoms with Crippen LogP contribution in [-0.2, 0) is 0 Å². The van der Waals surface area contributed by atoms with E-state index in [4.69, 9.17) is 5.26 Å². The minimum absolute atomic E-state index is 0.274. The van der Waals surface area contributed by atoms with Crippen LogP contribution in [0.3, 0.4) is 0 Å². The Kier molecular flexibility index (Phi) is 3.24. The number of nitrogens with zero attached hydrogens (tertiary/aromatic N) is 1. The van der Waals surface area contributed by atoms with Crippen LogP contribution in [0.1, 0.15) is 5.56 Å². The highest BCUT2D eigenvalue weighted by Crippen LogP contribution is 2.35. The summed E-state index contributed by atoms with van der Waals surface area (Å²) in [6, 6.07) is 21.0. The molecule has 0 unspecified atom stereocenters. The molecule has 0 radical (unpaired) electrons. The summed E-state index contributed by atoms with van der Waals surface area (Å²) in [5.41, 5.74) is 2.77. The molecule has 1 aromatic heterocycles. The van der Waals surface area contributed by atoms with Gasteiger partial charge in [-0.15, -0.1) is 11.3 Å². The highest BCUT2D eigenvalue weighted by Gasteiger charge is 2.05. The normalized spacial score (nSPS) is 10.2. The van der Waals surface area contributed by atoms with E-state index in [1.54, 1.807) is 23.5 Å². The Balaban J connectivity index is 1.95. The Morgan fingerprint density at radius 3 is 2.20 bits per heavy atom. The lowest BCUT2D eigenvalue weighted by Crippen LogP contribution is -1.74. The second-order valence-corrected chi connectivity index (χ2v) is 5.49. The van der Waals surface area contributed by atoms with Crippen LogP contribution in [-0.4, -0.2) is 5.11 Å². The molecule has 3 heteroatoms. The van der Waals surface area contributed by atoms with Crippen LogP contribution in [0.2, 0.25) is 0 Å². The number of thiophene rings is 1. The molecular weight excluding hydrogens is 266 g/mol. The van der Waals surface area contributed by atoms with Crippen LogP contribution in [0.25, 0.3) is 20.9 Å². The topological polar surface area (TPSA) is 44.0 Å². The van der Waals surface area contributed by atoms with Crippen LogP contribution in [0.5, 0.6) is 5.75 Å². The molecule has 0 spiro atoms. The van der Waals surface area contributed by atoms with Crippen molar-refractivity contribution in [1.29, 1.82) is 5.26 Å². The number of aromatic hydroxyl groups is 1. The Bertz CT molecular complexity index is 781. The first-order valence-corrected chi connectivity index (χ1v) is 6.98. The smallest absolute Gasteiger partial charge is 0.116 e. The van der Waals surface area contributed by atoms with Crippen molar-refractivity contribution >= 4 is 11.3 Å². The lowest BCUT2D eigenvalue weighted by Gasteiger charge is -1.99. The van der Waals surface area contributed by atoms with Crippen LogP contribution >= 0.6 is 11.3 Å².